The molecule has 2 aliphatic heterocycles. The van der Waals surface area contributed by atoms with Gasteiger partial charge in [-0.15, -0.1) is 0 Å². The van der Waals surface area contributed by atoms with Crippen LogP contribution in [0.25, 0.3) is 0 Å². The summed E-state index contributed by atoms with van der Waals surface area (Å²) in [5.41, 5.74) is 0. The molecule has 2 saturated heterocycles. The lowest BCUT2D eigenvalue weighted by Crippen LogP contribution is -2.50. The highest BCUT2D eigenvalue weighted by atomic mass is 16.3. The van der Waals surface area contributed by atoms with Crippen LogP contribution in [0, 0.1) is 0 Å². The molecule has 18 heavy (non-hydrogen) atoms. The van der Waals surface area contributed by atoms with Crippen LogP contribution in [0.15, 0.2) is 0 Å². The van der Waals surface area contributed by atoms with Gasteiger partial charge in [-0.2, -0.15) is 0 Å². The average Bonchev–Trinajstić information content (AvgIpc) is 2.78. The van der Waals surface area contributed by atoms with Crippen LogP contribution in [-0.2, 0) is 9.59 Å². The fourth-order valence-corrected chi connectivity index (χ4v) is 2.50. The molecule has 2 fully saturated rings. The summed E-state index contributed by atoms with van der Waals surface area (Å²) in [4.78, 5) is 29.0. The minimum absolute atomic E-state index is 0.0288. The highest BCUT2D eigenvalue weighted by Crippen LogP contribution is 2.11. The Bertz CT molecular complexity index is 314. The summed E-state index contributed by atoms with van der Waals surface area (Å²) in [6.07, 6.45) is 1.31. The molecule has 2 heterocycles. The summed E-state index contributed by atoms with van der Waals surface area (Å²) in [6.45, 7) is 5.22. The van der Waals surface area contributed by atoms with E-state index in [2.05, 4.69) is 9.80 Å². The molecule has 102 valence electrons. The third-order valence-corrected chi connectivity index (χ3v) is 3.61. The maximum absolute atomic E-state index is 11.9. The molecule has 6 nitrogen and oxygen atoms in total. The number of aliphatic hydroxyl groups excluding tert-OH is 1. The topological polar surface area (TPSA) is 64.1 Å². The van der Waals surface area contributed by atoms with Crippen LogP contribution in [0.4, 0.5) is 0 Å². The first-order valence-corrected chi connectivity index (χ1v) is 6.59. The fourth-order valence-electron chi connectivity index (χ4n) is 2.50. The lowest BCUT2D eigenvalue weighted by Gasteiger charge is -2.34. The number of piperazine rings is 1. The number of nitrogens with zero attached hydrogens (tertiary/aromatic N) is 3. The van der Waals surface area contributed by atoms with Gasteiger partial charge in [0.05, 0.1) is 13.2 Å². The quantitative estimate of drug-likeness (QED) is 0.680. The van der Waals surface area contributed by atoms with Crippen molar-refractivity contribution in [3.05, 3.63) is 0 Å². The molecule has 0 aromatic heterocycles. The van der Waals surface area contributed by atoms with Gasteiger partial charge in [0.2, 0.25) is 11.8 Å². The van der Waals surface area contributed by atoms with Gasteiger partial charge in [0, 0.05) is 45.7 Å². The van der Waals surface area contributed by atoms with Crippen LogP contribution >= 0.6 is 0 Å². The van der Waals surface area contributed by atoms with Crippen LogP contribution < -0.4 is 0 Å². The molecule has 0 aromatic carbocycles. The number of amides is 2. The molecule has 0 unspecified atom stereocenters. The van der Waals surface area contributed by atoms with E-state index in [1.807, 2.05) is 0 Å². The van der Waals surface area contributed by atoms with E-state index in [0.29, 0.717) is 26.1 Å². The zero-order valence-electron chi connectivity index (χ0n) is 10.7. The van der Waals surface area contributed by atoms with Crippen molar-refractivity contribution in [2.24, 2.45) is 0 Å². The minimum atomic E-state index is -0.0619. The minimum Gasteiger partial charge on any atom is -0.395 e. The Hall–Kier alpha value is -0.980. The van der Waals surface area contributed by atoms with Crippen molar-refractivity contribution in [2.75, 3.05) is 52.4 Å². The first-order chi connectivity index (χ1) is 8.70. The number of β-amino-alcohol motifs (C(OH)–C–C–N with tert-alkyl or cyclic N) is 1. The number of hydrogen-bond donors (Lipinski definition) is 1. The highest BCUT2D eigenvalue weighted by molar-refractivity contribution is 5.97. The third-order valence-electron chi connectivity index (χ3n) is 3.61. The molecule has 0 radical (unpaired) electrons. The summed E-state index contributed by atoms with van der Waals surface area (Å²) >= 11 is 0. The van der Waals surface area contributed by atoms with Crippen molar-refractivity contribution in [3.8, 4) is 0 Å². The fraction of sp³-hybridized carbons (Fsp3) is 0.833. The number of carbonyl (C=O) groups is 2. The van der Waals surface area contributed by atoms with Gasteiger partial charge >= 0.3 is 0 Å². The van der Waals surface area contributed by atoms with E-state index in [0.717, 1.165) is 32.6 Å². The number of rotatable bonds is 4. The van der Waals surface area contributed by atoms with Crippen molar-refractivity contribution in [1.82, 2.24) is 14.7 Å². The van der Waals surface area contributed by atoms with E-state index in [1.165, 1.54) is 4.90 Å². The van der Waals surface area contributed by atoms with E-state index in [9.17, 15) is 9.59 Å². The van der Waals surface area contributed by atoms with E-state index in [1.54, 1.807) is 0 Å². The second kappa shape index (κ2) is 6.26. The van der Waals surface area contributed by atoms with Crippen LogP contribution in [0.2, 0.25) is 0 Å². The summed E-state index contributed by atoms with van der Waals surface area (Å²) in [5, 5.41) is 8.85. The number of hydrogen-bond acceptors (Lipinski definition) is 5. The number of likely N-dealkylation sites (tertiary alicyclic amines) is 1. The molecule has 2 amide bonds. The van der Waals surface area contributed by atoms with Gasteiger partial charge in [-0.05, 0) is 6.42 Å². The monoisotopic (exact) mass is 255 g/mol. The van der Waals surface area contributed by atoms with Gasteiger partial charge in [-0.3, -0.25) is 24.3 Å². The van der Waals surface area contributed by atoms with Crippen molar-refractivity contribution >= 4 is 11.8 Å². The first-order valence-electron chi connectivity index (χ1n) is 6.59. The van der Waals surface area contributed by atoms with Crippen molar-refractivity contribution < 1.29 is 14.7 Å². The van der Waals surface area contributed by atoms with Crippen molar-refractivity contribution in [2.45, 2.75) is 12.8 Å². The standard InChI is InChI=1S/C12H21N3O3/c16-9-8-13-4-6-14(7-5-13)10-12(18)15-3-1-2-11(15)17/h16H,1-10H2. The van der Waals surface area contributed by atoms with Gasteiger partial charge in [-0.25, -0.2) is 0 Å². The number of aliphatic hydroxyl groups is 1. The summed E-state index contributed by atoms with van der Waals surface area (Å²) in [6, 6.07) is 0. The largest absolute Gasteiger partial charge is 0.395 e. The van der Waals surface area contributed by atoms with Crippen molar-refractivity contribution in [3.63, 3.8) is 0 Å². The SMILES string of the molecule is O=C1CCCN1C(=O)CN1CCN(CCO)CC1. The molecule has 6 heteroatoms. The third kappa shape index (κ3) is 3.28. The Morgan fingerprint density at radius 3 is 2.33 bits per heavy atom. The lowest BCUT2D eigenvalue weighted by molar-refractivity contribution is -0.142. The smallest absolute Gasteiger partial charge is 0.243 e. The molecule has 0 bridgehead atoms. The predicted octanol–water partition coefficient (Wildman–Crippen LogP) is -1.25. The zero-order valence-corrected chi connectivity index (χ0v) is 10.7. The van der Waals surface area contributed by atoms with E-state index < -0.39 is 0 Å². The summed E-state index contributed by atoms with van der Waals surface area (Å²) < 4.78 is 0. The molecule has 1 N–H and O–H groups in total. The number of carbonyl (C=O) groups excluding carboxylic acids is 2. The molecular formula is C12H21N3O3. The normalized spacial score (nSPS) is 22.7. The molecule has 0 aromatic rings. The summed E-state index contributed by atoms with van der Waals surface area (Å²) in [7, 11) is 0. The van der Waals surface area contributed by atoms with E-state index in [-0.39, 0.29) is 18.4 Å². The van der Waals surface area contributed by atoms with Crippen LogP contribution in [0.3, 0.4) is 0 Å². The Morgan fingerprint density at radius 2 is 1.78 bits per heavy atom. The van der Waals surface area contributed by atoms with Crippen molar-refractivity contribution in [1.29, 1.82) is 0 Å². The molecule has 0 aliphatic carbocycles. The Kier molecular flexibility index (Phi) is 4.68. The average molecular weight is 255 g/mol. The highest BCUT2D eigenvalue weighted by Gasteiger charge is 2.28. The van der Waals surface area contributed by atoms with E-state index in [4.69, 9.17) is 5.11 Å². The van der Waals surface area contributed by atoms with Gasteiger partial charge in [0.15, 0.2) is 0 Å². The van der Waals surface area contributed by atoms with E-state index >= 15 is 0 Å². The Balaban J connectivity index is 1.74. The predicted molar refractivity (Wildman–Crippen MR) is 65.9 cm³/mol. The maximum Gasteiger partial charge on any atom is 0.243 e. The molecule has 2 aliphatic rings. The number of imide groups is 1. The lowest BCUT2D eigenvalue weighted by atomic mass is 10.3. The zero-order chi connectivity index (χ0) is 13.0. The molecule has 0 saturated carbocycles. The second-order valence-corrected chi connectivity index (χ2v) is 4.88. The van der Waals surface area contributed by atoms with Crippen LogP contribution in [0.1, 0.15) is 12.8 Å². The van der Waals surface area contributed by atoms with Gasteiger partial charge in [0.25, 0.3) is 0 Å². The second-order valence-electron chi connectivity index (χ2n) is 4.88. The molecule has 2 rings (SSSR count). The van der Waals surface area contributed by atoms with Crippen LogP contribution in [-0.4, -0.2) is 84.0 Å². The van der Waals surface area contributed by atoms with Gasteiger partial charge < -0.3 is 5.11 Å². The van der Waals surface area contributed by atoms with Gasteiger partial charge in [-0.1, -0.05) is 0 Å². The summed E-state index contributed by atoms with van der Waals surface area (Å²) in [5.74, 6) is -0.0907. The molecule has 0 atom stereocenters. The molecular weight excluding hydrogens is 234 g/mol. The first kappa shape index (κ1) is 13.5. The van der Waals surface area contributed by atoms with Crippen LogP contribution in [0.5, 0.6) is 0 Å². The Labute approximate surface area is 107 Å². The molecule has 0 spiro atoms. The maximum atomic E-state index is 11.9. The Morgan fingerprint density at radius 1 is 1.11 bits per heavy atom. The van der Waals surface area contributed by atoms with Gasteiger partial charge in [0.1, 0.15) is 0 Å².